The lowest BCUT2D eigenvalue weighted by Gasteiger charge is -2.29. The first-order valence-electron chi connectivity index (χ1n) is 6.93. The molecule has 2 rings (SSSR count). The molecule has 1 aliphatic heterocycles. The van der Waals surface area contributed by atoms with E-state index in [9.17, 15) is 0 Å². The summed E-state index contributed by atoms with van der Waals surface area (Å²) in [5.41, 5.74) is 2.18. The van der Waals surface area contributed by atoms with Crippen LogP contribution >= 0.6 is 11.6 Å². The number of benzene rings is 1. The van der Waals surface area contributed by atoms with E-state index in [1.54, 1.807) is 6.92 Å². The summed E-state index contributed by atoms with van der Waals surface area (Å²) in [5.74, 6) is 1.29. The van der Waals surface area contributed by atoms with E-state index in [1.165, 1.54) is 19.3 Å². The number of para-hydroxylation sites is 1. The van der Waals surface area contributed by atoms with Crippen molar-refractivity contribution in [3.63, 3.8) is 0 Å². The number of nitrogens with zero attached hydrogens (tertiary/aromatic N) is 3. The zero-order valence-electron chi connectivity index (χ0n) is 11.7. The molecule has 20 heavy (non-hydrogen) atoms. The minimum absolute atomic E-state index is 0.393. The van der Waals surface area contributed by atoms with Crippen LogP contribution in [0.2, 0.25) is 0 Å². The number of halogens is 1. The van der Waals surface area contributed by atoms with Crippen LogP contribution in [0.4, 0.5) is 5.69 Å². The Labute approximate surface area is 124 Å². The van der Waals surface area contributed by atoms with Crippen molar-refractivity contribution in [3.05, 3.63) is 29.8 Å². The lowest BCUT2D eigenvalue weighted by Crippen LogP contribution is -2.36. The Morgan fingerprint density at radius 2 is 1.95 bits per heavy atom. The lowest BCUT2D eigenvalue weighted by atomic mass is 10.1. The Bertz CT molecular complexity index is 508. The van der Waals surface area contributed by atoms with Crippen molar-refractivity contribution in [2.45, 2.75) is 26.2 Å². The van der Waals surface area contributed by atoms with E-state index in [4.69, 9.17) is 16.8 Å². The van der Waals surface area contributed by atoms with Gasteiger partial charge in [0.05, 0.1) is 17.3 Å². The first-order valence-corrected chi connectivity index (χ1v) is 7.46. The molecule has 0 radical (unpaired) electrons. The van der Waals surface area contributed by atoms with E-state index in [-0.39, 0.29) is 0 Å². The highest BCUT2D eigenvalue weighted by Crippen LogP contribution is 2.21. The first kappa shape index (κ1) is 14.9. The molecule has 0 atom stereocenters. The summed E-state index contributed by atoms with van der Waals surface area (Å²) in [5, 5.41) is 12.2. The molecule has 1 heterocycles. The molecule has 108 valence electrons. The number of hydrogen-bond acceptors (Lipinski definition) is 3. The van der Waals surface area contributed by atoms with Crippen molar-refractivity contribution in [3.8, 4) is 0 Å². The SMILES string of the molecule is C/C(=N\O)c1ccccc1N=C(CCl)N1CCCCC1. The molecule has 4 nitrogen and oxygen atoms in total. The Kier molecular flexibility index (Phi) is 5.41. The van der Waals surface area contributed by atoms with Gasteiger partial charge in [0, 0.05) is 18.7 Å². The van der Waals surface area contributed by atoms with Gasteiger partial charge in [-0.05, 0) is 32.3 Å². The quantitative estimate of drug-likeness (QED) is 0.304. The van der Waals surface area contributed by atoms with Gasteiger partial charge in [0.1, 0.15) is 5.84 Å². The maximum absolute atomic E-state index is 8.96. The van der Waals surface area contributed by atoms with Gasteiger partial charge in [-0.2, -0.15) is 0 Å². The van der Waals surface area contributed by atoms with Crippen molar-refractivity contribution in [2.24, 2.45) is 10.1 Å². The highest BCUT2D eigenvalue weighted by atomic mass is 35.5. The van der Waals surface area contributed by atoms with E-state index in [0.29, 0.717) is 11.6 Å². The molecule has 0 saturated carbocycles. The Morgan fingerprint density at radius 1 is 1.25 bits per heavy atom. The van der Waals surface area contributed by atoms with Crippen LogP contribution in [-0.4, -0.2) is 40.6 Å². The molecule has 1 N–H and O–H groups in total. The second-order valence-electron chi connectivity index (χ2n) is 4.91. The van der Waals surface area contributed by atoms with Gasteiger partial charge >= 0.3 is 0 Å². The smallest absolute Gasteiger partial charge is 0.120 e. The fraction of sp³-hybridized carbons (Fsp3) is 0.467. The van der Waals surface area contributed by atoms with Gasteiger partial charge in [-0.15, -0.1) is 11.6 Å². The van der Waals surface area contributed by atoms with Gasteiger partial charge in [0.25, 0.3) is 0 Å². The second kappa shape index (κ2) is 7.29. The summed E-state index contributed by atoms with van der Waals surface area (Å²) in [4.78, 5) is 6.94. The first-order chi connectivity index (χ1) is 9.76. The topological polar surface area (TPSA) is 48.2 Å². The lowest BCUT2D eigenvalue weighted by molar-refractivity contribution is 0.319. The molecular weight excluding hydrogens is 274 g/mol. The van der Waals surface area contributed by atoms with Crippen molar-refractivity contribution < 1.29 is 5.21 Å². The summed E-state index contributed by atoms with van der Waals surface area (Å²) in [6, 6.07) is 7.65. The van der Waals surface area contributed by atoms with Gasteiger partial charge in [-0.25, -0.2) is 4.99 Å². The number of hydrogen-bond donors (Lipinski definition) is 1. The van der Waals surface area contributed by atoms with Crippen LogP contribution < -0.4 is 0 Å². The predicted octanol–water partition coefficient (Wildman–Crippen LogP) is 3.64. The highest BCUT2D eigenvalue weighted by Gasteiger charge is 2.15. The predicted molar refractivity (Wildman–Crippen MR) is 83.7 cm³/mol. The zero-order chi connectivity index (χ0) is 14.4. The molecule has 0 aliphatic carbocycles. The third-order valence-corrected chi connectivity index (χ3v) is 3.77. The average molecular weight is 294 g/mol. The standard InChI is InChI=1S/C15H20ClN3O/c1-12(18-20)13-7-3-4-8-14(13)17-15(11-16)19-9-5-2-6-10-19/h3-4,7-8,20H,2,5-6,9-11H2,1H3/b17-15?,18-12+. The number of alkyl halides is 1. The number of rotatable bonds is 3. The minimum atomic E-state index is 0.393. The third-order valence-electron chi connectivity index (χ3n) is 3.53. The Balaban J connectivity index is 2.32. The fourth-order valence-corrected chi connectivity index (χ4v) is 2.64. The molecule has 1 aromatic rings. The van der Waals surface area contributed by atoms with Crippen LogP contribution in [0.1, 0.15) is 31.7 Å². The van der Waals surface area contributed by atoms with Crippen LogP contribution in [0.3, 0.4) is 0 Å². The summed E-state index contributed by atoms with van der Waals surface area (Å²) >= 11 is 6.06. The molecule has 1 aromatic carbocycles. The second-order valence-corrected chi connectivity index (χ2v) is 5.18. The maximum atomic E-state index is 8.96. The molecule has 0 unspecified atom stereocenters. The largest absolute Gasteiger partial charge is 0.411 e. The van der Waals surface area contributed by atoms with Crippen LogP contribution in [0, 0.1) is 0 Å². The van der Waals surface area contributed by atoms with Gasteiger partial charge in [0.15, 0.2) is 0 Å². The van der Waals surface area contributed by atoms with Crippen molar-refractivity contribution >= 4 is 28.8 Å². The summed E-state index contributed by atoms with van der Waals surface area (Å²) in [6.45, 7) is 3.79. The van der Waals surface area contributed by atoms with Gasteiger partial charge in [-0.1, -0.05) is 23.4 Å². The van der Waals surface area contributed by atoms with E-state index in [0.717, 1.165) is 30.2 Å². The number of likely N-dealkylation sites (tertiary alicyclic amines) is 1. The van der Waals surface area contributed by atoms with E-state index >= 15 is 0 Å². The molecule has 1 saturated heterocycles. The summed E-state index contributed by atoms with van der Waals surface area (Å²) < 4.78 is 0. The van der Waals surface area contributed by atoms with Crippen LogP contribution in [0.25, 0.3) is 0 Å². The molecule has 0 aromatic heterocycles. The van der Waals surface area contributed by atoms with Gasteiger partial charge in [-0.3, -0.25) is 0 Å². The number of piperidine rings is 1. The maximum Gasteiger partial charge on any atom is 0.120 e. The Morgan fingerprint density at radius 3 is 2.60 bits per heavy atom. The van der Waals surface area contributed by atoms with E-state index < -0.39 is 0 Å². The van der Waals surface area contributed by atoms with Gasteiger partial charge in [0.2, 0.25) is 0 Å². The number of aliphatic imine (C=N–C) groups is 1. The molecule has 1 aliphatic rings. The van der Waals surface area contributed by atoms with E-state index in [2.05, 4.69) is 15.0 Å². The minimum Gasteiger partial charge on any atom is -0.411 e. The van der Waals surface area contributed by atoms with Crippen molar-refractivity contribution in [1.29, 1.82) is 0 Å². The van der Waals surface area contributed by atoms with Crippen LogP contribution in [0.5, 0.6) is 0 Å². The number of oxime groups is 1. The molecule has 5 heteroatoms. The molecule has 0 amide bonds. The average Bonchev–Trinajstić information content (AvgIpc) is 2.53. The van der Waals surface area contributed by atoms with Gasteiger partial charge < -0.3 is 10.1 Å². The van der Waals surface area contributed by atoms with Crippen LogP contribution in [0.15, 0.2) is 34.4 Å². The number of amidine groups is 1. The van der Waals surface area contributed by atoms with E-state index in [1.807, 2.05) is 24.3 Å². The Hall–Kier alpha value is -1.55. The normalized spacial score (nSPS) is 17.4. The molecule has 1 fully saturated rings. The van der Waals surface area contributed by atoms with Crippen molar-refractivity contribution in [2.75, 3.05) is 19.0 Å². The summed E-state index contributed by atoms with van der Waals surface area (Å²) in [7, 11) is 0. The van der Waals surface area contributed by atoms with Crippen LogP contribution in [-0.2, 0) is 0 Å². The molecule has 0 bridgehead atoms. The molecular formula is C15H20ClN3O. The summed E-state index contributed by atoms with van der Waals surface area (Å²) in [6.07, 6.45) is 3.66. The fourth-order valence-electron chi connectivity index (χ4n) is 2.41. The monoisotopic (exact) mass is 293 g/mol. The third kappa shape index (κ3) is 3.51. The molecule has 0 spiro atoms. The zero-order valence-corrected chi connectivity index (χ0v) is 12.5. The van der Waals surface area contributed by atoms with Crippen molar-refractivity contribution in [1.82, 2.24) is 4.90 Å². The highest BCUT2D eigenvalue weighted by molar-refractivity contribution is 6.28.